The number of ketones is 2. The van der Waals surface area contributed by atoms with Crippen LogP contribution in [0.3, 0.4) is 0 Å². The molecule has 0 amide bonds. The lowest BCUT2D eigenvalue weighted by Crippen LogP contribution is -2.56. The Balaban J connectivity index is 1.72. The second kappa shape index (κ2) is 5.27. The molecule has 132 valence electrons. The molecule has 3 fully saturated rings. The Morgan fingerprint density at radius 3 is 2.67 bits per heavy atom. The third-order valence-electron chi connectivity index (χ3n) is 8.38. The molecule has 1 N–H and O–H groups in total. The lowest BCUT2D eigenvalue weighted by atomic mass is 9.46. The van der Waals surface area contributed by atoms with Crippen LogP contribution in [0, 0.1) is 34.5 Å². The molecule has 3 saturated carbocycles. The SMILES string of the molecule is CC(=O)[C@@H]1CC[C@@H]2[C@H]3CCC4=CC(=O)CC[C@@]4(C)[C@@H]3[C@H](O)C[C@@]21C. The van der Waals surface area contributed by atoms with Crippen molar-refractivity contribution >= 4 is 11.6 Å². The summed E-state index contributed by atoms with van der Waals surface area (Å²) in [6.07, 6.45) is 7.97. The highest BCUT2D eigenvalue weighted by Gasteiger charge is 2.62. The lowest BCUT2D eigenvalue weighted by Gasteiger charge is -2.59. The number of allylic oxidation sites excluding steroid dienone is 1. The summed E-state index contributed by atoms with van der Waals surface area (Å²) in [5, 5.41) is 11.2. The summed E-state index contributed by atoms with van der Waals surface area (Å²) in [5.74, 6) is 1.99. The third kappa shape index (κ3) is 2.06. The number of aliphatic hydroxyl groups excluding tert-OH is 1. The fraction of sp³-hybridized carbons (Fsp3) is 0.810. The molecule has 7 atom stereocenters. The molecule has 4 rings (SSSR count). The molecule has 3 heteroatoms. The number of fused-ring (bicyclic) bond motifs is 5. The van der Waals surface area contributed by atoms with Gasteiger partial charge in [-0.1, -0.05) is 19.4 Å². The Kier molecular flexibility index (Phi) is 3.62. The fourth-order valence-electron chi connectivity index (χ4n) is 7.35. The first-order valence-electron chi connectivity index (χ1n) is 9.70. The molecule has 0 spiro atoms. The lowest BCUT2D eigenvalue weighted by molar-refractivity contribution is -0.143. The van der Waals surface area contributed by atoms with E-state index in [-0.39, 0.29) is 34.6 Å². The van der Waals surface area contributed by atoms with Gasteiger partial charge in [0, 0.05) is 12.3 Å². The van der Waals surface area contributed by atoms with Gasteiger partial charge in [-0.2, -0.15) is 0 Å². The maximum Gasteiger partial charge on any atom is 0.155 e. The summed E-state index contributed by atoms with van der Waals surface area (Å²) in [6, 6.07) is 0. The number of Topliss-reactive ketones (excluding diaryl/α,β-unsaturated/α-hetero) is 1. The van der Waals surface area contributed by atoms with Crippen LogP contribution >= 0.6 is 0 Å². The summed E-state index contributed by atoms with van der Waals surface area (Å²) in [4.78, 5) is 24.0. The standard InChI is InChI=1S/C21H30O3/c1-12(22)16-6-7-17-15-5-4-13-10-14(23)8-9-20(13,2)19(15)18(24)11-21(16,17)3/h10,15-19,24H,4-9,11H2,1-3H3/t15-,16+,17-,18-,19+,20-,21-/m1/s1. The molecule has 0 aromatic heterocycles. The summed E-state index contributed by atoms with van der Waals surface area (Å²) in [6.45, 7) is 6.27. The average molecular weight is 330 g/mol. The van der Waals surface area contributed by atoms with Gasteiger partial charge in [0.25, 0.3) is 0 Å². The normalized spacial score (nSPS) is 50.6. The first-order chi connectivity index (χ1) is 11.3. The van der Waals surface area contributed by atoms with Gasteiger partial charge in [-0.3, -0.25) is 9.59 Å². The van der Waals surface area contributed by atoms with Gasteiger partial charge in [-0.15, -0.1) is 0 Å². The molecule has 0 heterocycles. The molecule has 4 aliphatic rings. The van der Waals surface area contributed by atoms with Crippen LogP contribution in [0.25, 0.3) is 0 Å². The van der Waals surface area contributed by atoms with Crippen molar-refractivity contribution in [2.24, 2.45) is 34.5 Å². The van der Waals surface area contributed by atoms with Crippen LogP contribution in [-0.2, 0) is 9.59 Å². The Morgan fingerprint density at radius 1 is 1.21 bits per heavy atom. The first-order valence-corrected chi connectivity index (χ1v) is 9.70. The van der Waals surface area contributed by atoms with Gasteiger partial charge in [0.15, 0.2) is 5.78 Å². The Morgan fingerprint density at radius 2 is 1.96 bits per heavy atom. The number of aliphatic hydroxyl groups is 1. The minimum absolute atomic E-state index is 0.0219. The van der Waals surface area contributed by atoms with Crippen molar-refractivity contribution in [1.82, 2.24) is 0 Å². The minimum atomic E-state index is -0.349. The average Bonchev–Trinajstić information content (AvgIpc) is 2.84. The molecule has 0 saturated heterocycles. The monoisotopic (exact) mass is 330 g/mol. The predicted molar refractivity (Wildman–Crippen MR) is 92.3 cm³/mol. The van der Waals surface area contributed by atoms with E-state index in [1.165, 1.54) is 5.57 Å². The van der Waals surface area contributed by atoms with E-state index in [2.05, 4.69) is 13.8 Å². The second-order valence-corrected chi connectivity index (χ2v) is 9.41. The van der Waals surface area contributed by atoms with Crippen LogP contribution in [0.15, 0.2) is 11.6 Å². The van der Waals surface area contributed by atoms with Crippen molar-refractivity contribution in [3.63, 3.8) is 0 Å². The molecular formula is C21H30O3. The van der Waals surface area contributed by atoms with Crippen LogP contribution in [-0.4, -0.2) is 22.8 Å². The van der Waals surface area contributed by atoms with Gasteiger partial charge in [0.1, 0.15) is 5.78 Å². The maximum absolute atomic E-state index is 12.2. The van der Waals surface area contributed by atoms with Crippen molar-refractivity contribution in [3.8, 4) is 0 Å². The number of rotatable bonds is 1. The van der Waals surface area contributed by atoms with E-state index < -0.39 is 0 Å². The Labute approximate surface area is 144 Å². The molecular weight excluding hydrogens is 300 g/mol. The molecule has 0 aromatic carbocycles. The summed E-state index contributed by atoms with van der Waals surface area (Å²) >= 11 is 0. The number of hydrogen-bond acceptors (Lipinski definition) is 3. The zero-order chi connectivity index (χ0) is 17.3. The number of carbonyl (C=O) groups excluding carboxylic acids is 2. The van der Waals surface area contributed by atoms with E-state index in [1.807, 2.05) is 6.08 Å². The zero-order valence-electron chi connectivity index (χ0n) is 15.2. The topological polar surface area (TPSA) is 54.4 Å². The van der Waals surface area contributed by atoms with Gasteiger partial charge >= 0.3 is 0 Å². The number of hydrogen-bond donors (Lipinski definition) is 1. The zero-order valence-corrected chi connectivity index (χ0v) is 15.2. The maximum atomic E-state index is 12.2. The van der Waals surface area contributed by atoms with Crippen molar-refractivity contribution < 1.29 is 14.7 Å². The smallest absolute Gasteiger partial charge is 0.155 e. The predicted octanol–water partition coefficient (Wildman–Crippen LogP) is 3.69. The molecule has 3 nitrogen and oxygen atoms in total. The van der Waals surface area contributed by atoms with Crippen LogP contribution in [0.1, 0.15) is 65.7 Å². The van der Waals surface area contributed by atoms with E-state index in [9.17, 15) is 14.7 Å². The molecule has 0 aromatic rings. The highest BCUT2D eigenvalue weighted by molar-refractivity contribution is 5.91. The summed E-state index contributed by atoms with van der Waals surface area (Å²) in [5.41, 5.74) is 1.23. The van der Waals surface area contributed by atoms with E-state index >= 15 is 0 Å². The van der Waals surface area contributed by atoms with Gasteiger partial charge in [-0.25, -0.2) is 0 Å². The quantitative estimate of drug-likeness (QED) is 0.797. The van der Waals surface area contributed by atoms with Crippen molar-refractivity contribution in [3.05, 3.63) is 11.6 Å². The van der Waals surface area contributed by atoms with E-state index in [0.717, 1.165) is 38.5 Å². The van der Waals surface area contributed by atoms with Gasteiger partial charge in [-0.05, 0) is 80.1 Å². The van der Waals surface area contributed by atoms with E-state index in [4.69, 9.17) is 0 Å². The Bertz CT molecular complexity index is 621. The van der Waals surface area contributed by atoms with Crippen molar-refractivity contribution in [2.75, 3.05) is 0 Å². The van der Waals surface area contributed by atoms with Crippen LogP contribution in [0.5, 0.6) is 0 Å². The van der Waals surface area contributed by atoms with Gasteiger partial charge < -0.3 is 5.11 Å². The second-order valence-electron chi connectivity index (χ2n) is 9.41. The Hall–Kier alpha value is -0.960. The summed E-state index contributed by atoms with van der Waals surface area (Å²) in [7, 11) is 0. The van der Waals surface area contributed by atoms with Crippen LogP contribution < -0.4 is 0 Å². The molecule has 0 radical (unpaired) electrons. The third-order valence-corrected chi connectivity index (χ3v) is 8.38. The molecule has 0 unspecified atom stereocenters. The van der Waals surface area contributed by atoms with E-state index in [0.29, 0.717) is 24.0 Å². The van der Waals surface area contributed by atoms with Gasteiger partial charge in [0.2, 0.25) is 0 Å². The highest BCUT2D eigenvalue weighted by Crippen LogP contribution is 2.66. The fourth-order valence-corrected chi connectivity index (χ4v) is 7.35. The van der Waals surface area contributed by atoms with Crippen molar-refractivity contribution in [2.45, 2.75) is 71.8 Å². The van der Waals surface area contributed by atoms with Crippen LogP contribution in [0.2, 0.25) is 0 Å². The molecule has 4 aliphatic carbocycles. The summed E-state index contributed by atoms with van der Waals surface area (Å²) < 4.78 is 0. The van der Waals surface area contributed by atoms with E-state index in [1.54, 1.807) is 6.92 Å². The first kappa shape index (κ1) is 16.5. The largest absolute Gasteiger partial charge is 0.393 e. The molecule has 24 heavy (non-hydrogen) atoms. The van der Waals surface area contributed by atoms with Crippen LogP contribution in [0.4, 0.5) is 0 Å². The molecule has 0 aliphatic heterocycles. The molecule has 0 bridgehead atoms. The van der Waals surface area contributed by atoms with Gasteiger partial charge in [0.05, 0.1) is 6.10 Å². The minimum Gasteiger partial charge on any atom is -0.393 e. The number of carbonyl (C=O) groups is 2. The van der Waals surface area contributed by atoms with Crippen molar-refractivity contribution in [1.29, 1.82) is 0 Å². The highest BCUT2D eigenvalue weighted by atomic mass is 16.3.